The third kappa shape index (κ3) is 3.30. The molecule has 4 aromatic rings. The lowest BCUT2D eigenvalue weighted by molar-refractivity contribution is 0.624. The SMILES string of the molecule is N#Cc1cc(C#N)c(-c2c3ccccc3c(C3=CCC4C=CC=CC4=C3)c3ccccc23)cc1F. The third-order valence-electron chi connectivity index (χ3n) is 6.92. The highest BCUT2D eigenvalue weighted by Crippen LogP contribution is 2.45. The summed E-state index contributed by atoms with van der Waals surface area (Å²) in [6.45, 7) is 0. The molecule has 0 spiro atoms. The molecule has 0 aliphatic heterocycles. The Morgan fingerprint density at radius 3 is 2.03 bits per heavy atom. The van der Waals surface area contributed by atoms with Gasteiger partial charge in [0.25, 0.3) is 0 Å². The molecule has 0 saturated heterocycles. The summed E-state index contributed by atoms with van der Waals surface area (Å²) in [7, 11) is 0. The molecule has 1 unspecified atom stereocenters. The van der Waals surface area contributed by atoms with E-state index in [-0.39, 0.29) is 11.1 Å². The number of nitrogens with zero attached hydrogens (tertiary/aromatic N) is 2. The highest BCUT2D eigenvalue weighted by atomic mass is 19.1. The fourth-order valence-corrected chi connectivity index (χ4v) is 5.32. The maximum atomic E-state index is 14.8. The van der Waals surface area contributed by atoms with Crippen LogP contribution in [0.4, 0.5) is 4.39 Å². The predicted octanol–water partition coefficient (Wildman–Crippen LogP) is 8.00. The Kier molecular flexibility index (Phi) is 4.91. The molecule has 2 nitrogen and oxygen atoms in total. The summed E-state index contributed by atoms with van der Waals surface area (Å²) in [6.07, 6.45) is 14.1. The monoisotopic (exact) mass is 450 g/mol. The molecule has 2 aliphatic carbocycles. The summed E-state index contributed by atoms with van der Waals surface area (Å²) in [4.78, 5) is 0. The van der Waals surface area contributed by atoms with E-state index in [2.05, 4.69) is 54.7 Å². The lowest BCUT2D eigenvalue weighted by atomic mass is 9.80. The Balaban J connectivity index is 1.72. The van der Waals surface area contributed by atoms with Crippen molar-refractivity contribution in [2.75, 3.05) is 0 Å². The molecule has 164 valence electrons. The molecule has 0 aromatic heterocycles. The molecule has 6 rings (SSSR count). The van der Waals surface area contributed by atoms with Gasteiger partial charge in [-0.25, -0.2) is 4.39 Å². The summed E-state index contributed by atoms with van der Waals surface area (Å²) in [5.41, 5.74) is 5.07. The maximum absolute atomic E-state index is 14.8. The molecule has 0 amide bonds. The van der Waals surface area contributed by atoms with Crippen molar-refractivity contribution in [2.24, 2.45) is 5.92 Å². The second-order valence-electron chi connectivity index (χ2n) is 8.83. The second-order valence-corrected chi connectivity index (χ2v) is 8.83. The average Bonchev–Trinajstić information content (AvgIpc) is 2.91. The summed E-state index contributed by atoms with van der Waals surface area (Å²) in [6, 6.07) is 22.9. The number of benzene rings is 4. The zero-order chi connectivity index (χ0) is 23.9. The number of nitriles is 2. The van der Waals surface area contributed by atoms with Crippen molar-refractivity contribution in [1.29, 1.82) is 10.5 Å². The van der Waals surface area contributed by atoms with Gasteiger partial charge in [-0.3, -0.25) is 0 Å². The fraction of sp³-hybridized carbons (Fsp3) is 0.0625. The highest BCUT2D eigenvalue weighted by Gasteiger charge is 2.22. The van der Waals surface area contributed by atoms with Crippen molar-refractivity contribution in [3.63, 3.8) is 0 Å². The number of hydrogen-bond donors (Lipinski definition) is 0. The van der Waals surface area contributed by atoms with Gasteiger partial charge in [0.05, 0.1) is 17.2 Å². The van der Waals surface area contributed by atoms with Crippen molar-refractivity contribution < 1.29 is 4.39 Å². The first-order valence-electron chi connectivity index (χ1n) is 11.5. The van der Waals surface area contributed by atoms with Crippen LogP contribution in [0.2, 0.25) is 0 Å². The van der Waals surface area contributed by atoms with Gasteiger partial charge < -0.3 is 0 Å². The Morgan fingerprint density at radius 1 is 0.771 bits per heavy atom. The van der Waals surface area contributed by atoms with E-state index in [4.69, 9.17) is 0 Å². The van der Waals surface area contributed by atoms with Crippen molar-refractivity contribution >= 4 is 27.1 Å². The van der Waals surface area contributed by atoms with Crippen LogP contribution in [0, 0.1) is 34.4 Å². The minimum atomic E-state index is -0.623. The van der Waals surface area contributed by atoms with Crippen LogP contribution < -0.4 is 0 Å². The van der Waals surface area contributed by atoms with Crippen LogP contribution in [0.15, 0.2) is 103 Å². The van der Waals surface area contributed by atoms with Crippen molar-refractivity contribution in [1.82, 2.24) is 0 Å². The average molecular weight is 451 g/mol. The van der Waals surface area contributed by atoms with E-state index >= 15 is 0 Å². The van der Waals surface area contributed by atoms with Crippen molar-refractivity contribution in [3.8, 4) is 23.3 Å². The molecule has 2 aliphatic rings. The molecular formula is C32H19FN2. The molecule has 0 radical (unpaired) electrons. The summed E-state index contributed by atoms with van der Waals surface area (Å²) < 4.78 is 14.8. The second kappa shape index (κ2) is 8.24. The molecule has 3 heteroatoms. The van der Waals surface area contributed by atoms with Crippen LogP contribution in [-0.2, 0) is 0 Å². The minimum absolute atomic E-state index is 0.126. The van der Waals surface area contributed by atoms with Gasteiger partial charge >= 0.3 is 0 Å². The van der Waals surface area contributed by atoms with Crippen LogP contribution in [0.3, 0.4) is 0 Å². The first kappa shape index (κ1) is 20.8. The molecule has 0 bridgehead atoms. The van der Waals surface area contributed by atoms with Crippen LogP contribution in [-0.4, -0.2) is 0 Å². The molecule has 35 heavy (non-hydrogen) atoms. The van der Waals surface area contributed by atoms with Gasteiger partial charge in [-0.2, -0.15) is 10.5 Å². The van der Waals surface area contributed by atoms with Crippen LogP contribution in [0.5, 0.6) is 0 Å². The lowest BCUT2D eigenvalue weighted by Crippen LogP contribution is -2.06. The van der Waals surface area contributed by atoms with Gasteiger partial charge in [-0.15, -0.1) is 0 Å². The van der Waals surface area contributed by atoms with Crippen LogP contribution >= 0.6 is 0 Å². The first-order chi connectivity index (χ1) is 17.2. The Bertz CT molecular complexity index is 1700. The number of halogens is 1. The molecule has 1 atom stereocenters. The topological polar surface area (TPSA) is 47.6 Å². The lowest BCUT2D eigenvalue weighted by Gasteiger charge is -2.24. The van der Waals surface area contributed by atoms with Crippen molar-refractivity contribution in [3.05, 3.63) is 125 Å². The minimum Gasteiger partial charge on any atom is -0.206 e. The Labute approximate surface area is 202 Å². The number of allylic oxidation sites excluding steroid dienone is 8. The Morgan fingerprint density at radius 2 is 1.40 bits per heavy atom. The molecular weight excluding hydrogens is 431 g/mol. The fourth-order valence-electron chi connectivity index (χ4n) is 5.32. The van der Waals surface area contributed by atoms with E-state index in [0.717, 1.165) is 39.1 Å². The van der Waals surface area contributed by atoms with Gasteiger partial charge in [-0.1, -0.05) is 85.0 Å². The summed E-state index contributed by atoms with van der Waals surface area (Å²) in [5, 5.41) is 23.2. The van der Waals surface area contributed by atoms with E-state index in [0.29, 0.717) is 11.5 Å². The quantitative estimate of drug-likeness (QED) is 0.291. The van der Waals surface area contributed by atoms with E-state index in [1.54, 1.807) is 0 Å². The normalized spacial score (nSPS) is 16.4. The Hall–Kier alpha value is -4.73. The molecule has 0 N–H and O–H groups in total. The van der Waals surface area contributed by atoms with Gasteiger partial charge in [0.1, 0.15) is 11.9 Å². The third-order valence-corrected chi connectivity index (χ3v) is 6.92. The largest absolute Gasteiger partial charge is 0.206 e. The van der Waals surface area contributed by atoms with Gasteiger partial charge in [-0.05, 0) is 62.4 Å². The van der Waals surface area contributed by atoms with E-state index in [9.17, 15) is 14.9 Å². The highest BCUT2D eigenvalue weighted by molar-refractivity contribution is 6.20. The number of hydrogen-bond acceptors (Lipinski definition) is 2. The first-order valence-corrected chi connectivity index (χ1v) is 11.5. The molecule has 0 heterocycles. The van der Waals surface area contributed by atoms with E-state index in [1.807, 2.05) is 42.5 Å². The molecule has 0 fully saturated rings. The van der Waals surface area contributed by atoms with E-state index in [1.165, 1.54) is 23.3 Å². The molecule has 4 aromatic carbocycles. The number of rotatable bonds is 2. The van der Waals surface area contributed by atoms with Gasteiger partial charge in [0.15, 0.2) is 0 Å². The van der Waals surface area contributed by atoms with Crippen molar-refractivity contribution in [2.45, 2.75) is 6.42 Å². The van der Waals surface area contributed by atoms with E-state index < -0.39 is 5.82 Å². The number of fused-ring (bicyclic) bond motifs is 3. The summed E-state index contributed by atoms with van der Waals surface area (Å²) in [5.74, 6) is -0.220. The summed E-state index contributed by atoms with van der Waals surface area (Å²) >= 11 is 0. The predicted molar refractivity (Wildman–Crippen MR) is 139 cm³/mol. The standard InChI is InChI=1S/C32H19FN2/c33-30-17-29(23(18-34)16-24(30)19-35)32-27-11-5-3-9-25(27)31(26-10-4-6-12-28(26)32)22-14-13-20-7-1-2-8-21(20)15-22/h1-12,14-17,20H,13H2. The zero-order valence-corrected chi connectivity index (χ0v) is 18.8. The molecule has 0 saturated carbocycles. The van der Waals surface area contributed by atoms with Crippen LogP contribution in [0.1, 0.15) is 23.1 Å². The smallest absolute Gasteiger partial charge is 0.141 e. The van der Waals surface area contributed by atoms with Gasteiger partial charge in [0.2, 0.25) is 0 Å². The van der Waals surface area contributed by atoms with Gasteiger partial charge in [0, 0.05) is 11.5 Å². The maximum Gasteiger partial charge on any atom is 0.141 e. The van der Waals surface area contributed by atoms with Crippen LogP contribution in [0.25, 0.3) is 38.2 Å². The zero-order valence-electron chi connectivity index (χ0n) is 18.8.